The Hall–Kier alpha value is -1.75. The number of carbonyl (C=O) groups is 1. The summed E-state index contributed by atoms with van der Waals surface area (Å²) in [5.41, 5.74) is 0.605. The van der Waals surface area contributed by atoms with Crippen molar-refractivity contribution >= 4 is 5.91 Å². The Morgan fingerprint density at radius 2 is 2.11 bits per heavy atom. The van der Waals surface area contributed by atoms with Crippen molar-refractivity contribution in [3.05, 3.63) is 23.8 Å². The third-order valence-electron chi connectivity index (χ3n) is 3.77. The Balaban J connectivity index is 1.51. The molecule has 0 spiro atoms. The highest BCUT2D eigenvalue weighted by Gasteiger charge is 2.49. The van der Waals surface area contributed by atoms with Gasteiger partial charge in [0, 0.05) is 6.54 Å². The molecule has 0 saturated heterocycles. The van der Waals surface area contributed by atoms with E-state index >= 15 is 0 Å². The molecular formula is C14H17NO4. The second kappa shape index (κ2) is 4.74. The third kappa shape index (κ3) is 2.38. The van der Waals surface area contributed by atoms with Crippen LogP contribution in [0, 0.1) is 5.41 Å². The summed E-state index contributed by atoms with van der Waals surface area (Å²) in [6, 6.07) is 5.79. The van der Waals surface area contributed by atoms with Crippen molar-refractivity contribution in [3.63, 3.8) is 0 Å². The highest BCUT2D eigenvalue weighted by atomic mass is 16.7. The van der Waals surface area contributed by atoms with Gasteiger partial charge in [-0.2, -0.15) is 0 Å². The molecule has 1 aliphatic carbocycles. The van der Waals surface area contributed by atoms with Crippen molar-refractivity contribution in [2.45, 2.75) is 19.3 Å². The van der Waals surface area contributed by atoms with Gasteiger partial charge in [-0.1, -0.05) is 6.07 Å². The van der Waals surface area contributed by atoms with Gasteiger partial charge in [0.1, 0.15) is 0 Å². The number of fused-ring (bicyclic) bond motifs is 1. The second-order valence-electron chi connectivity index (χ2n) is 5.13. The summed E-state index contributed by atoms with van der Waals surface area (Å²) in [6.45, 7) is 0.789. The molecule has 3 rings (SSSR count). The number of hydrogen-bond acceptors (Lipinski definition) is 4. The predicted molar refractivity (Wildman–Crippen MR) is 68.0 cm³/mol. The van der Waals surface area contributed by atoms with Gasteiger partial charge in [0.2, 0.25) is 12.7 Å². The second-order valence-corrected chi connectivity index (χ2v) is 5.13. The zero-order chi connectivity index (χ0) is 13.3. The van der Waals surface area contributed by atoms with Crippen LogP contribution in [0.1, 0.15) is 18.4 Å². The first-order valence-electron chi connectivity index (χ1n) is 6.51. The molecule has 2 N–H and O–H groups in total. The minimum absolute atomic E-state index is 0.0317. The number of rotatable bonds is 5. The van der Waals surface area contributed by atoms with Crippen LogP contribution >= 0.6 is 0 Å². The molecule has 1 heterocycles. The minimum Gasteiger partial charge on any atom is -0.454 e. The van der Waals surface area contributed by atoms with Crippen LogP contribution in [0.3, 0.4) is 0 Å². The molecule has 2 aliphatic rings. The van der Waals surface area contributed by atoms with Crippen molar-refractivity contribution in [1.82, 2.24) is 5.32 Å². The summed E-state index contributed by atoms with van der Waals surface area (Å²) >= 11 is 0. The lowest BCUT2D eigenvalue weighted by atomic mass is 10.1. The number of carbonyl (C=O) groups excluding carboxylic acids is 1. The number of ether oxygens (including phenoxy) is 2. The molecule has 0 aromatic heterocycles. The molecule has 0 radical (unpaired) electrons. The van der Waals surface area contributed by atoms with Crippen molar-refractivity contribution in [1.29, 1.82) is 0 Å². The number of hydrogen-bond donors (Lipinski definition) is 2. The van der Waals surface area contributed by atoms with E-state index in [0.29, 0.717) is 6.54 Å². The van der Waals surface area contributed by atoms with Crippen LogP contribution in [0.4, 0.5) is 0 Å². The van der Waals surface area contributed by atoms with Crippen LogP contribution < -0.4 is 14.8 Å². The summed E-state index contributed by atoms with van der Waals surface area (Å²) in [7, 11) is 0. The molecule has 0 atom stereocenters. The number of nitrogens with one attached hydrogen (secondary N) is 1. The van der Waals surface area contributed by atoms with Gasteiger partial charge >= 0.3 is 0 Å². The maximum Gasteiger partial charge on any atom is 0.231 e. The molecule has 19 heavy (non-hydrogen) atoms. The Bertz CT molecular complexity index is 496. The van der Waals surface area contributed by atoms with Crippen molar-refractivity contribution < 1.29 is 19.4 Å². The lowest BCUT2D eigenvalue weighted by molar-refractivity contribution is -0.127. The summed E-state index contributed by atoms with van der Waals surface area (Å²) in [5, 5.41) is 12.0. The summed E-state index contributed by atoms with van der Waals surface area (Å²) in [6.07, 6.45) is 2.32. The fourth-order valence-corrected chi connectivity index (χ4v) is 2.21. The maximum atomic E-state index is 11.8. The molecular weight excluding hydrogens is 246 g/mol. The van der Waals surface area contributed by atoms with E-state index in [4.69, 9.17) is 14.6 Å². The van der Waals surface area contributed by atoms with E-state index < -0.39 is 5.41 Å². The van der Waals surface area contributed by atoms with Crippen molar-refractivity contribution in [3.8, 4) is 11.5 Å². The molecule has 1 aliphatic heterocycles. The Morgan fingerprint density at radius 1 is 1.32 bits per heavy atom. The van der Waals surface area contributed by atoms with Crippen LogP contribution in [0.5, 0.6) is 11.5 Å². The van der Waals surface area contributed by atoms with E-state index in [-0.39, 0.29) is 19.3 Å². The van der Waals surface area contributed by atoms with E-state index in [1.54, 1.807) is 0 Å². The highest BCUT2D eigenvalue weighted by molar-refractivity contribution is 5.85. The molecule has 5 nitrogen and oxygen atoms in total. The summed E-state index contributed by atoms with van der Waals surface area (Å²) in [5.74, 6) is 1.50. The van der Waals surface area contributed by atoms with Crippen LogP contribution in [0.15, 0.2) is 18.2 Å². The van der Waals surface area contributed by atoms with Crippen LogP contribution in [-0.2, 0) is 11.2 Å². The first kappa shape index (κ1) is 12.3. The number of aliphatic hydroxyl groups excluding tert-OH is 1. The minimum atomic E-state index is -0.491. The van der Waals surface area contributed by atoms with E-state index in [1.165, 1.54) is 0 Å². The molecule has 1 aromatic rings. The predicted octanol–water partition coefficient (Wildman–Crippen LogP) is 0.846. The Labute approximate surface area is 111 Å². The molecule has 1 fully saturated rings. The van der Waals surface area contributed by atoms with E-state index in [9.17, 15) is 4.79 Å². The third-order valence-corrected chi connectivity index (χ3v) is 3.77. The quantitative estimate of drug-likeness (QED) is 0.826. The number of aliphatic hydroxyl groups is 1. The zero-order valence-corrected chi connectivity index (χ0v) is 10.6. The van der Waals surface area contributed by atoms with Gasteiger partial charge in [0.15, 0.2) is 11.5 Å². The van der Waals surface area contributed by atoms with Gasteiger partial charge in [-0.05, 0) is 37.0 Å². The van der Waals surface area contributed by atoms with Crippen LogP contribution in [0.2, 0.25) is 0 Å². The highest BCUT2D eigenvalue weighted by Crippen LogP contribution is 2.45. The molecule has 0 bridgehead atoms. The average molecular weight is 263 g/mol. The number of benzene rings is 1. The molecule has 5 heteroatoms. The van der Waals surface area contributed by atoms with E-state index in [0.717, 1.165) is 36.3 Å². The van der Waals surface area contributed by atoms with Gasteiger partial charge < -0.3 is 19.9 Å². The normalized spacial score (nSPS) is 18.2. The number of amides is 1. The van der Waals surface area contributed by atoms with Gasteiger partial charge in [-0.15, -0.1) is 0 Å². The molecule has 1 saturated carbocycles. The fourth-order valence-electron chi connectivity index (χ4n) is 2.21. The molecule has 1 amide bonds. The molecule has 102 valence electrons. The summed E-state index contributed by atoms with van der Waals surface area (Å²) in [4.78, 5) is 11.8. The largest absolute Gasteiger partial charge is 0.454 e. The summed E-state index contributed by atoms with van der Waals surface area (Å²) < 4.78 is 10.5. The van der Waals surface area contributed by atoms with Gasteiger partial charge in [0.25, 0.3) is 0 Å². The first-order chi connectivity index (χ1) is 9.23. The van der Waals surface area contributed by atoms with E-state index in [1.807, 2.05) is 18.2 Å². The SMILES string of the molecule is O=C(NCCc1ccc2c(c1)OCO2)C1(CO)CC1. The van der Waals surface area contributed by atoms with Crippen molar-refractivity contribution in [2.75, 3.05) is 19.9 Å². The zero-order valence-electron chi connectivity index (χ0n) is 10.6. The van der Waals surface area contributed by atoms with Gasteiger partial charge in [0.05, 0.1) is 12.0 Å². The Kier molecular flexibility index (Phi) is 3.06. The average Bonchev–Trinajstić information content (AvgIpc) is 3.10. The fraction of sp³-hybridized carbons (Fsp3) is 0.500. The Morgan fingerprint density at radius 3 is 2.84 bits per heavy atom. The van der Waals surface area contributed by atoms with Crippen LogP contribution in [-0.4, -0.2) is 31.0 Å². The van der Waals surface area contributed by atoms with Crippen LogP contribution in [0.25, 0.3) is 0 Å². The maximum absolute atomic E-state index is 11.8. The van der Waals surface area contributed by atoms with Gasteiger partial charge in [-0.3, -0.25) is 4.79 Å². The van der Waals surface area contributed by atoms with Gasteiger partial charge in [-0.25, -0.2) is 0 Å². The lowest BCUT2D eigenvalue weighted by Gasteiger charge is -2.12. The smallest absolute Gasteiger partial charge is 0.231 e. The van der Waals surface area contributed by atoms with E-state index in [2.05, 4.69) is 5.32 Å². The standard InChI is InChI=1S/C14H17NO4/c16-8-14(4-5-14)13(17)15-6-3-10-1-2-11-12(7-10)19-9-18-11/h1-2,7,16H,3-6,8-9H2,(H,15,17). The monoisotopic (exact) mass is 263 g/mol. The molecule has 1 aromatic carbocycles. The lowest BCUT2D eigenvalue weighted by Crippen LogP contribution is -2.35. The molecule has 0 unspecified atom stereocenters. The van der Waals surface area contributed by atoms with Crippen molar-refractivity contribution in [2.24, 2.45) is 5.41 Å². The topological polar surface area (TPSA) is 67.8 Å². The first-order valence-corrected chi connectivity index (χ1v) is 6.51.